The Morgan fingerprint density at radius 1 is 1.07 bits per heavy atom. The Bertz CT molecular complexity index is 502. The van der Waals surface area contributed by atoms with E-state index in [-0.39, 0.29) is 59.1 Å². The molecule has 0 fully saturated rings. The van der Waals surface area contributed by atoms with Crippen LogP contribution >= 0.6 is 0 Å². The summed E-state index contributed by atoms with van der Waals surface area (Å²) in [6.45, 7) is 8.46. The van der Waals surface area contributed by atoms with Gasteiger partial charge in [-0.2, -0.15) is 0 Å². The molecule has 144 valence electrons. The third-order valence-corrected chi connectivity index (χ3v) is 4.76. The number of carbonyl (C=O) groups is 2. The number of nitrogens with zero attached hydrogens (tertiary/aromatic N) is 2. The van der Waals surface area contributed by atoms with Crippen molar-refractivity contribution in [1.82, 2.24) is 4.90 Å². The fraction of sp³-hybridized carbons (Fsp3) is 0.833. The number of unbranched alkanes of at least 4 members (excludes halogenated alkanes) is 4. The van der Waals surface area contributed by atoms with Gasteiger partial charge in [-0.3, -0.25) is 0 Å². The van der Waals surface area contributed by atoms with Gasteiger partial charge >= 0.3 is 71.1 Å². The summed E-state index contributed by atoms with van der Waals surface area (Å²) >= 11 is 0. The van der Waals surface area contributed by atoms with E-state index in [1.54, 1.807) is 6.92 Å². The van der Waals surface area contributed by atoms with Gasteiger partial charge in [0.05, 0.1) is 0 Å². The number of rotatable bonds is 12. The van der Waals surface area contributed by atoms with Gasteiger partial charge < -0.3 is 14.9 Å². The fourth-order valence-electron chi connectivity index (χ4n) is 3.18. The molecule has 7 nitrogen and oxygen atoms in total. The predicted molar refractivity (Wildman–Crippen MR) is 95.0 cm³/mol. The topological polar surface area (TPSA) is 90.1 Å². The second-order valence-corrected chi connectivity index (χ2v) is 6.70. The van der Waals surface area contributed by atoms with Gasteiger partial charge in [0, 0.05) is 13.3 Å². The van der Waals surface area contributed by atoms with Crippen molar-refractivity contribution in [2.24, 2.45) is 0 Å². The first-order chi connectivity index (χ1) is 11.8. The molecule has 1 aliphatic rings. The van der Waals surface area contributed by atoms with E-state index in [0.29, 0.717) is 13.1 Å². The van der Waals surface area contributed by atoms with Gasteiger partial charge in [0.25, 0.3) is 0 Å². The van der Waals surface area contributed by atoms with E-state index in [1.165, 1.54) is 26.2 Å². The molecule has 0 aliphatic carbocycles. The zero-order valence-electron chi connectivity index (χ0n) is 17.9. The molecule has 9 heteroatoms. The molecule has 1 heterocycles. The van der Waals surface area contributed by atoms with Crippen molar-refractivity contribution in [2.45, 2.75) is 84.6 Å². The summed E-state index contributed by atoms with van der Waals surface area (Å²) in [6.07, 6.45) is 5.18. The Balaban J connectivity index is 0. The first-order valence-electron chi connectivity index (χ1n) is 9.29. The van der Waals surface area contributed by atoms with Gasteiger partial charge in [-0.05, 0) is 20.3 Å². The molecule has 3 atom stereocenters. The van der Waals surface area contributed by atoms with Crippen LogP contribution in [0.2, 0.25) is 0 Å². The Morgan fingerprint density at radius 3 is 2.19 bits per heavy atom. The molecule has 0 radical (unpaired) electrons. The van der Waals surface area contributed by atoms with Gasteiger partial charge in [-0.25, -0.2) is 19.1 Å². The number of hydrogen-bond donors (Lipinski definition) is 2. The molecule has 0 aromatic rings. The molecule has 0 saturated heterocycles. The molecular weight excluding hydrogens is 370 g/mol. The smallest absolute Gasteiger partial charge is 0.479 e. The summed E-state index contributed by atoms with van der Waals surface area (Å²) in [4.78, 5) is 24.4. The zero-order valence-corrected chi connectivity index (χ0v) is 21.9. The molecule has 0 bridgehead atoms. The monoisotopic (exact) mass is 403 g/mol. The van der Waals surface area contributed by atoms with E-state index in [0.717, 1.165) is 25.1 Å². The van der Waals surface area contributed by atoms with E-state index >= 15 is 0 Å². The average Bonchev–Trinajstić information content (AvgIpc) is 2.97. The molecule has 2 N–H and O–H groups in total. The van der Waals surface area contributed by atoms with E-state index in [9.17, 15) is 14.7 Å². The molecule has 27 heavy (non-hydrogen) atoms. The molecule has 0 aromatic carbocycles. The molecule has 3 unspecified atom stereocenters. The van der Waals surface area contributed by atoms with E-state index in [4.69, 9.17) is 9.84 Å². The van der Waals surface area contributed by atoms with Crippen LogP contribution in [0.1, 0.15) is 66.2 Å². The van der Waals surface area contributed by atoms with Crippen molar-refractivity contribution in [3.8, 4) is 0 Å². The maximum Gasteiger partial charge on any atom is 1.00 e. The van der Waals surface area contributed by atoms with Crippen molar-refractivity contribution in [2.75, 3.05) is 13.1 Å². The number of ether oxygens (including phenoxy) is 1. The summed E-state index contributed by atoms with van der Waals surface area (Å²) in [6, 6.07) is -0.597. The van der Waals surface area contributed by atoms with Crippen LogP contribution in [0.3, 0.4) is 0 Å². The first kappa shape index (κ1) is 29.6. The minimum Gasteiger partial charge on any atom is -0.479 e. The summed E-state index contributed by atoms with van der Waals surface area (Å²) < 4.78 is 7.50. The van der Waals surface area contributed by atoms with Crippen LogP contribution in [0.25, 0.3) is 0 Å². The van der Waals surface area contributed by atoms with E-state index < -0.39 is 30.3 Å². The SMILES string of the molecule is CCCCCCCC1=[N+](C(C)C(=O)O)CCN1C(C)OC(C)C(=O)O.[Na+].[Na+]. The second-order valence-electron chi connectivity index (χ2n) is 6.70. The quantitative estimate of drug-likeness (QED) is 0.199. The molecule has 0 spiro atoms. The average molecular weight is 403 g/mol. The van der Waals surface area contributed by atoms with Crippen molar-refractivity contribution < 1.29 is 88.2 Å². The van der Waals surface area contributed by atoms with Gasteiger partial charge in [0.1, 0.15) is 13.1 Å². The number of amidine groups is 1. The van der Waals surface area contributed by atoms with Crippen LogP contribution in [-0.2, 0) is 14.3 Å². The maximum absolute atomic E-state index is 11.4. The Labute approximate surface area is 207 Å². The van der Waals surface area contributed by atoms with Crippen molar-refractivity contribution in [3.63, 3.8) is 0 Å². The number of hydrogen-bond acceptors (Lipinski definition) is 4. The minimum atomic E-state index is -0.997. The van der Waals surface area contributed by atoms with Crippen LogP contribution in [0.4, 0.5) is 0 Å². The normalized spacial score (nSPS) is 17.0. The fourth-order valence-corrected chi connectivity index (χ4v) is 3.18. The second kappa shape index (κ2) is 15.2. The van der Waals surface area contributed by atoms with Gasteiger partial charge in [0.2, 0.25) is 5.84 Å². The molecular formula is C18H33N2Na2O5+3. The third kappa shape index (κ3) is 9.61. The maximum atomic E-state index is 11.4. The van der Waals surface area contributed by atoms with E-state index in [2.05, 4.69) is 6.92 Å². The van der Waals surface area contributed by atoms with Gasteiger partial charge in [-0.15, -0.1) is 0 Å². The Morgan fingerprint density at radius 2 is 1.67 bits per heavy atom. The number of carboxylic acids is 2. The molecule has 0 amide bonds. The molecule has 1 aliphatic heterocycles. The molecule has 1 rings (SSSR count). The summed E-state index contributed by atoms with van der Waals surface area (Å²) in [7, 11) is 0. The number of carboxylic acid groups (broad SMARTS) is 2. The van der Waals surface area contributed by atoms with Crippen LogP contribution < -0.4 is 59.1 Å². The summed E-state index contributed by atoms with van der Waals surface area (Å²) in [5, 5.41) is 18.4. The third-order valence-electron chi connectivity index (χ3n) is 4.76. The zero-order chi connectivity index (χ0) is 19.0. The molecule has 0 aromatic heterocycles. The summed E-state index contributed by atoms with van der Waals surface area (Å²) in [5.74, 6) is -0.891. The van der Waals surface area contributed by atoms with Crippen molar-refractivity contribution in [1.29, 1.82) is 0 Å². The number of aliphatic carboxylic acids is 2. The Kier molecular flexibility index (Phi) is 16.7. The summed E-state index contributed by atoms with van der Waals surface area (Å²) in [5.41, 5.74) is 0. The first-order valence-corrected chi connectivity index (χ1v) is 9.29. The largest absolute Gasteiger partial charge is 1.00 e. The van der Waals surface area contributed by atoms with Crippen molar-refractivity contribution in [3.05, 3.63) is 0 Å². The standard InChI is InChI=1S/C18H32N2O5.2Na/c1-5-6-7-8-9-10-16-19(13(2)17(21)22)11-12-20(16)15(4)25-14(3)18(23)24;;/h13-15H,5-12H2,1-4H3,(H-,21,22,23,24);;/q;2*+1/p+1. The molecule has 0 saturated carbocycles. The van der Waals surface area contributed by atoms with Crippen LogP contribution in [0, 0.1) is 0 Å². The Hall–Kier alpha value is 0.370. The van der Waals surface area contributed by atoms with Crippen LogP contribution in [0.15, 0.2) is 0 Å². The minimum absolute atomic E-state index is 0. The van der Waals surface area contributed by atoms with Gasteiger partial charge in [-0.1, -0.05) is 32.6 Å². The van der Waals surface area contributed by atoms with Crippen LogP contribution in [-0.4, -0.2) is 68.9 Å². The van der Waals surface area contributed by atoms with Crippen LogP contribution in [0.5, 0.6) is 0 Å². The van der Waals surface area contributed by atoms with Crippen molar-refractivity contribution >= 4 is 17.8 Å². The van der Waals surface area contributed by atoms with Gasteiger partial charge in [0.15, 0.2) is 18.4 Å². The van der Waals surface area contributed by atoms with E-state index in [1.807, 2.05) is 16.4 Å². The predicted octanol–water partition coefficient (Wildman–Crippen LogP) is -3.61.